The number of fused-ring (bicyclic) bond motifs is 2. The second-order valence-corrected chi connectivity index (χ2v) is 8.81. The van der Waals surface area contributed by atoms with Crippen molar-refractivity contribution in [1.29, 1.82) is 0 Å². The summed E-state index contributed by atoms with van der Waals surface area (Å²) in [5, 5.41) is 34.3. The van der Waals surface area contributed by atoms with E-state index in [4.69, 9.17) is 9.97 Å². The molecular formula is C25H24N8O4. The summed E-state index contributed by atoms with van der Waals surface area (Å²) in [7, 11) is 0. The smallest absolute Gasteiger partial charge is 0.323 e. The zero-order valence-electron chi connectivity index (χ0n) is 19.8. The first-order valence-electron chi connectivity index (χ1n) is 11.8. The van der Waals surface area contributed by atoms with Crippen LogP contribution in [0.25, 0.3) is 27.9 Å². The minimum Gasteiger partial charge on any atom is -0.508 e. The van der Waals surface area contributed by atoms with E-state index < -0.39 is 5.97 Å². The lowest BCUT2D eigenvalue weighted by molar-refractivity contribution is -0.137. The second kappa shape index (κ2) is 9.06. The number of carbonyl (C=O) groups is 1. The van der Waals surface area contributed by atoms with E-state index >= 15 is 0 Å². The number of carboxylic acid groups (broad SMARTS) is 1. The first-order valence-corrected chi connectivity index (χ1v) is 11.8. The normalized spacial score (nSPS) is 14.1. The minimum absolute atomic E-state index is 0.227. The van der Waals surface area contributed by atoms with Crippen molar-refractivity contribution in [2.24, 2.45) is 0 Å². The Morgan fingerprint density at radius 1 is 0.946 bits per heavy atom. The first kappa shape index (κ1) is 22.7. The Bertz CT molecular complexity index is 1600. The highest BCUT2D eigenvalue weighted by molar-refractivity contribution is 5.88. The van der Waals surface area contributed by atoms with Gasteiger partial charge in [-0.15, -0.1) is 0 Å². The van der Waals surface area contributed by atoms with Gasteiger partial charge in [-0.3, -0.25) is 4.79 Å². The number of rotatable bonds is 6. The average molecular weight is 501 g/mol. The summed E-state index contributed by atoms with van der Waals surface area (Å²) in [6, 6.07) is 14.6. The fourth-order valence-electron chi connectivity index (χ4n) is 4.71. The number of carboxylic acids is 1. The number of aliphatic carboxylic acids is 1. The molecule has 6 rings (SSSR count). The van der Waals surface area contributed by atoms with Gasteiger partial charge < -0.3 is 29.7 Å². The number of aliphatic hydroxyl groups excluding tert-OH is 1. The molecule has 3 N–H and O–H groups in total. The summed E-state index contributed by atoms with van der Waals surface area (Å²) in [6.07, 6.45) is 1.45. The summed E-state index contributed by atoms with van der Waals surface area (Å²) in [4.78, 5) is 29.8. The Hall–Kier alpha value is -4.71. The van der Waals surface area contributed by atoms with Gasteiger partial charge in [0.25, 0.3) is 0 Å². The van der Waals surface area contributed by atoms with Crippen LogP contribution in [0.15, 0.2) is 54.9 Å². The number of para-hydroxylation sites is 1. The quantitative estimate of drug-likeness (QED) is 0.315. The van der Waals surface area contributed by atoms with Crippen molar-refractivity contribution >= 4 is 39.7 Å². The Morgan fingerprint density at radius 2 is 1.68 bits per heavy atom. The van der Waals surface area contributed by atoms with Crippen LogP contribution in [0.1, 0.15) is 5.69 Å². The molecule has 1 saturated heterocycles. The van der Waals surface area contributed by atoms with Gasteiger partial charge in [0.15, 0.2) is 17.0 Å². The molecule has 1 aliphatic heterocycles. The fraction of sp³-hybridized carbons (Fsp3) is 0.240. The van der Waals surface area contributed by atoms with Crippen LogP contribution in [-0.2, 0) is 17.9 Å². The fourth-order valence-corrected chi connectivity index (χ4v) is 4.71. The highest BCUT2D eigenvalue weighted by Crippen LogP contribution is 2.28. The number of anilines is 2. The van der Waals surface area contributed by atoms with Crippen LogP contribution in [0, 0.1) is 0 Å². The van der Waals surface area contributed by atoms with Gasteiger partial charge in [-0.1, -0.05) is 18.2 Å². The van der Waals surface area contributed by atoms with E-state index in [0.717, 1.165) is 29.7 Å². The Balaban J connectivity index is 1.42. The summed E-state index contributed by atoms with van der Waals surface area (Å²) in [5.41, 5.74) is 3.10. The molecule has 2 aromatic carbocycles. The van der Waals surface area contributed by atoms with Crippen molar-refractivity contribution in [1.82, 2.24) is 29.3 Å². The standard InChI is InChI=1S/C25H24N8O4/c34-14-19-18-3-1-2-4-20(18)33(29-19)24-22-23(32(15-26-22)13-21(36)37)27-25(28-24)31-11-9-30(10-12-31)16-5-7-17(35)8-6-16/h1-8,15,34-35H,9-14H2,(H,36,37). The van der Waals surface area contributed by atoms with Gasteiger partial charge in [-0.25, -0.2) is 9.67 Å². The second-order valence-electron chi connectivity index (χ2n) is 8.81. The van der Waals surface area contributed by atoms with E-state index in [1.54, 1.807) is 16.8 Å². The Kier molecular flexibility index (Phi) is 5.57. The highest BCUT2D eigenvalue weighted by Gasteiger charge is 2.24. The van der Waals surface area contributed by atoms with Crippen molar-refractivity contribution in [3.05, 3.63) is 60.6 Å². The molecule has 1 aliphatic rings. The number of imidazole rings is 1. The van der Waals surface area contributed by atoms with E-state index in [1.807, 2.05) is 36.4 Å². The molecule has 0 saturated carbocycles. The van der Waals surface area contributed by atoms with Crippen molar-refractivity contribution in [2.45, 2.75) is 13.2 Å². The topological polar surface area (TPSA) is 146 Å². The number of phenols is 1. The highest BCUT2D eigenvalue weighted by atomic mass is 16.4. The van der Waals surface area contributed by atoms with Crippen LogP contribution in [0.5, 0.6) is 5.75 Å². The number of nitrogens with zero attached hydrogens (tertiary/aromatic N) is 8. The SMILES string of the molecule is O=C(O)Cn1cnc2c(-n3nc(CO)c4ccccc43)nc(N3CCN(c4ccc(O)cc4)CC3)nc21. The molecule has 0 spiro atoms. The lowest BCUT2D eigenvalue weighted by Crippen LogP contribution is -2.47. The maximum atomic E-state index is 11.5. The van der Waals surface area contributed by atoms with E-state index in [1.165, 1.54) is 10.9 Å². The Labute approximate surface area is 210 Å². The van der Waals surface area contributed by atoms with Crippen LogP contribution in [0.4, 0.5) is 11.6 Å². The maximum absolute atomic E-state index is 11.5. The third-order valence-corrected chi connectivity index (χ3v) is 6.53. The van der Waals surface area contributed by atoms with Crippen LogP contribution in [-0.4, -0.2) is 76.8 Å². The number of aromatic nitrogens is 6. The molecule has 1 fully saturated rings. The molecular weight excluding hydrogens is 476 g/mol. The molecule has 0 unspecified atom stereocenters. The molecule has 3 aromatic heterocycles. The predicted octanol–water partition coefficient (Wildman–Crippen LogP) is 1.77. The van der Waals surface area contributed by atoms with Gasteiger partial charge >= 0.3 is 5.97 Å². The van der Waals surface area contributed by atoms with E-state index in [0.29, 0.717) is 41.7 Å². The molecule has 4 heterocycles. The van der Waals surface area contributed by atoms with Crippen LogP contribution in [0.2, 0.25) is 0 Å². The maximum Gasteiger partial charge on any atom is 0.323 e. The molecule has 12 heteroatoms. The number of hydrogen-bond acceptors (Lipinski definition) is 9. The Morgan fingerprint density at radius 3 is 2.41 bits per heavy atom. The number of hydrogen-bond donors (Lipinski definition) is 3. The third-order valence-electron chi connectivity index (χ3n) is 6.53. The monoisotopic (exact) mass is 500 g/mol. The van der Waals surface area contributed by atoms with Gasteiger partial charge in [-0.2, -0.15) is 15.1 Å². The summed E-state index contributed by atoms with van der Waals surface area (Å²) in [6.45, 7) is 2.19. The summed E-state index contributed by atoms with van der Waals surface area (Å²) in [5.74, 6) is 0.0897. The molecule has 5 aromatic rings. The number of piperazine rings is 1. The van der Waals surface area contributed by atoms with Gasteiger partial charge in [0.2, 0.25) is 5.95 Å². The van der Waals surface area contributed by atoms with Crippen molar-refractivity contribution < 1.29 is 20.1 Å². The average Bonchev–Trinajstić information content (AvgIpc) is 3.50. The van der Waals surface area contributed by atoms with Crippen molar-refractivity contribution in [2.75, 3.05) is 36.0 Å². The van der Waals surface area contributed by atoms with Gasteiger partial charge in [-0.05, 0) is 30.3 Å². The molecule has 37 heavy (non-hydrogen) atoms. The lowest BCUT2D eigenvalue weighted by Gasteiger charge is -2.36. The zero-order chi connectivity index (χ0) is 25.5. The minimum atomic E-state index is -1.00. The third kappa shape index (κ3) is 4.06. The molecule has 0 radical (unpaired) electrons. The number of aromatic hydroxyl groups is 1. The van der Waals surface area contributed by atoms with Crippen LogP contribution in [0.3, 0.4) is 0 Å². The first-order chi connectivity index (χ1) is 18.0. The number of aliphatic hydroxyl groups is 1. The van der Waals surface area contributed by atoms with E-state index in [-0.39, 0.29) is 18.9 Å². The summed E-state index contributed by atoms with van der Waals surface area (Å²) < 4.78 is 3.12. The molecule has 0 atom stereocenters. The van der Waals surface area contributed by atoms with Crippen LogP contribution < -0.4 is 9.80 Å². The van der Waals surface area contributed by atoms with Crippen LogP contribution >= 0.6 is 0 Å². The number of phenolic OH excluding ortho intramolecular Hbond substituents is 1. The van der Waals surface area contributed by atoms with E-state index in [9.17, 15) is 20.1 Å². The van der Waals surface area contributed by atoms with Gasteiger partial charge in [0.1, 0.15) is 12.3 Å². The van der Waals surface area contributed by atoms with Gasteiger partial charge in [0.05, 0.1) is 24.1 Å². The molecule has 0 bridgehead atoms. The molecule has 0 amide bonds. The van der Waals surface area contributed by atoms with E-state index in [2.05, 4.69) is 19.9 Å². The molecule has 12 nitrogen and oxygen atoms in total. The molecule has 0 aliphatic carbocycles. The zero-order valence-corrected chi connectivity index (χ0v) is 19.8. The predicted molar refractivity (Wildman–Crippen MR) is 136 cm³/mol. The van der Waals surface area contributed by atoms with Crippen molar-refractivity contribution in [3.63, 3.8) is 0 Å². The summed E-state index contributed by atoms with van der Waals surface area (Å²) >= 11 is 0. The largest absolute Gasteiger partial charge is 0.508 e. The van der Waals surface area contributed by atoms with Crippen molar-refractivity contribution in [3.8, 4) is 11.6 Å². The molecule has 188 valence electrons. The number of benzene rings is 2. The lowest BCUT2D eigenvalue weighted by atomic mass is 10.2. The van der Waals surface area contributed by atoms with Gasteiger partial charge in [0, 0.05) is 37.3 Å².